The van der Waals surface area contributed by atoms with Crippen molar-refractivity contribution in [1.29, 1.82) is 0 Å². The number of urea groups is 1. The molecule has 1 aliphatic rings. The summed E-state index contributed by atoms with van der Waals surface area (Å²) in [5.41, 5.74) is 2.28. The minimum Gasteiger partial charge on any atom is -0.497 e. The molecule has 0 aromatic heterocycles. The average Bonchev–Trinajstić information content (AvgIpc) is 2.63. The first-order valence-corrected chi connectivity index (χ1v) is 8.35. The molecular weight excluding hydrogens is 354 g/mol. The van der Waals surface area contributed by atoms with Crippen LogP contribution in [-0.2, 0) is 4.79 Å². The van der Waals surface area contributed by atoms with Gasteiger partial charge in [-0.05, 0) is 48.9 Å². The van der Waals surface area contributed by atoms with E-state index in [4.69, 9.17) is 16.3 Å². The number of ether oxygens (including phenoxy) is 1. The van der Waals surface area contributed by atoms with Crippen LogP contribution in [0.2, 0.25) is 5.02 Å². The number of methoxy groups -OCH3 is 1. The van der Waals surface area contributed by atoms with Crippen LogP contribution in [-0.4, -0.2) is 19.0 Å². The molecule has 3 amide bonds. The second-order valence-electron chi connectivity index (χ2n) is 5.81. The van der Waals surface area contributed by atoms with E-state index in [1.54, 1.807) is 50.4 Å². The monoisotopic (exact) mass is 371 g/mol. The number of allylic oxidation sites excluding steroid dienone is 1. The Morgan fingerprint density at radius 3 is 2.62 bits per heavy atom. The maximum absolute atomic E-state index is 12.9. The van der Waals surface area contributed by atoms with Crippen LogP contribution in [0.5, 0.6) is 5.75 Å². The molecule has 6 nitrogen and oxygen atoms in total. The van der Waals surface area contributed by atoms with Crippen molar-refractivity contribution in [2.75, 3.05) is 12.4 Å². The van der Waals surface area contributed by atoms with Gasteiger partial charge in [0.2, 0.25) is 0 Å². The summed E-state index contributed by atoms with van der Waals surface area (Å²) in [5.74, 6) is 0.329. The molecule has 0 bridgehead atoms. The summed E-state index contributed by atoms with van der Waals surface area (Å²) in [6.07, 6.45) is 0. The third-order valence-electron chi connectivity index (χ3n) is 4.04. The molecule has 0 aliphatic carbocycles. The van der Waals surface area contributed by atoms with E-state index in [9.17, 15) is 9.59 Å². The third-order valence-corrected chi connectivity index (χ3v) is 4.29. The van der Waals surface area contributed by atoms with E-state index in [1.807, 2.05) is 12.1 Å². The Bertz CT molecular complexity index is 878. The van der Waals surface area contributed by atoms with Gasteiger partial charge in [0.05, 0.1) is 18.7 Å². The smallest absolute Gasteiger partial charge is 0.319 e. The van der Waals surface area contributed by atoms with Crippen molar-refractivity contribution in [3.05, 3.63) is 70.4 Å². The van der Waals surface area contributed by atoms with Crippen molar-refractivity contribution < 1.29 is 14.3 Å². The Morgan fingerprint density at radius 2 is 1.92 bits per heavy atom. The van der Waals surface area contributed by atoms with Gasteiger partial charge in [-0.2, -0.15) is 0 Å². The van der Waals surface area contributed by atoms with Gasteiger partial charge in [-0.25, -0.2) is 4.79 Å². The van der Waals surface area contributed by atoms with Gasteiger partial charge in [0.15, 0.2) is 0 Å². The lowest BCUT2D eigenvalue weighted by Gasteiger charge is -2.28. The highest BCUT2D eigenvalue weighted by Gasteiger charge is 2.31. The molecule has 0 spiro atoms. The van der Waals surface area contributed by atoms with Crippen LogP contribution in [0.1, 0.15) is 18.5 Å². The van der Waals surface area contributed by atoms with E-state index in [0.717, 1.165) is 5.56 Å². The van der Waals surface area contributed by atoms with Gasteiger partial charge in [-0.1, -0.05) is 23.7 Å². The van der Waals surface area contributed by atoms with Crippen molar-refractivity contribution in [2.24, 2.45) is 0 Å². The Labute approximate surface area is 156 Å². The summed E-state index contributed by atoms with van der Waals surface area (Å²) >= 11 is 5.88. The Balaban J connectivity index is 1.94. The van der Waals surface area contributed by atoms with Gasteiger partial charge in [0.25, 0.3) is 5.91 Å². The van der Waals surface area contributed by atoms with Crippen molar-refractivity contribution in [3.63, 3.8) is 0 Å². The number of anilines is 1. The van der Waals surface area contributed by atoms with E-state index in [-0.39, 0.29) is 11.9 Å². The van der Waals surface area contributed by atoms with Gasteiger partial charge < -0.3 is 20.7 Å². The lowest BCUT2D eigenvalue weighted by molar-refractivity contribution is -0.113. The van der Waals surface area contributed by atoms with Crippen LogP contribution >= 0.6 is 11.6 Å². The number of carbonyl (C=O) groups excluding carboxylic acids is 2. The number of carbonyl (C=O) groups is 2. The van der Waals surface area contributed by atoms with Crippen LogP contribution in [0.4, 0.5) is 10.5 Å². The summed E-state index contributed by atoms with van der Waals surface area (Å²) in [4.78, 5) is 24.8. The predicted octanol–water partition coefficient (Wildman–Crippen LogP) is 3.62. The van der Waals surface area contributed by atoms with Crippen LogP contribution in [0.25, 0.3) is 0 Å². The SMILES string of the molecule is COc1cccc([C@@H]2NC(=O)NC(C)=C2C(=O)Nc2ccc(Cl)cc2)c1. The molecule has 26 heavy (non-hydrogen) atoms. The maximum Gasteiger partial charge on any atom is 0.319 e. The van der Waals surface area contributed by atoms with Gasteiger partial charge in [0, 0.05) is 16.4 Å². The number of halogens is 1. The summed E-state index contributed by atoms with van der Waals surface area (Å²) in [6.45, 7) is 1.70. The highest BCUT2D eigenvalue weighted by molar-refractivity contribution is 6.30. The zero-order valence-corrected chi connectivity index (χ0v) is 15.1. The molecule has 2 aromatic rings. The summed E-state index contributed by atoms with van der Waals surface area (Å²) in [6, 6.07) is 13.1. The molecule has 7 heteroatoms. The fourth-order valence-corrected chi connectivity index (χ4v) is 2.92. The molecule has 1 atom stereocenters. The summed E-state index contributed by atoms with van der Waals surface area (Å²) < 4.78 is 5.24. The predicted molar refractivity (Wildman–Crippen MR) is 100 cm³/mol. The molecule has 0 fully saturated rings. The first-order chi connectivity index (χ1) is 12.5. The normalized spacial score (nSPS) is 16.6. The van der Waals surface area contributed by atoms with Crippen molar-refractivity contribution in [1.82, 2.24) is 10.6 Å². The Morgan fingerprint density at radius 1 is 1.19 bits per heavy atom. The van der Waals surface area contributed by atoms with E-state index in [0.29, 0.717) is 27.7 Å². The highest BCUT2D eigenvalue weighted by Crippen LogP contribution is 2.29. The number of hydrogen-bond donors (Lipinski definition) is 3. The van der Waals surface area contributed by atoms with E-state index in [1.165, 1.54) is 0 Å². The number of hydrogen-bond acceptors (Lipinski definition) is 3. The molecule has 3 rings (SSSR count). The molecule has 1 heterocycles. The minimum absolute atomic E-state index is 0.315. The van der Waals surface area contributed by atoms with Crippen LogP contribution < -0.4 is 20.7 Å². The van der Waals surface area contributed by atoms with Gasteiger partial charge in [-0.15, -0.1) is 0 Å². The topological polar surface area (TPSA) is 79.5 Å². The number of amides is 3. The third kappa shape index (κ3) is 3.81. The van der Waals surface area contributed by atoms with Gasteiger partial charge in [0.1, 0.15) is 5.75 Å². The number of nitrogens with one attached hydrogen (secondary N) is 3. The number of benzene rings is 2. The molecule has 0 saturated heterocycles. The van der Waals surface area contributed by atoms with Crippen molar-refractivity contribution in [2.45, 2.75) is 13.0 Å². The lowest BCUT2D eigenvalue weighted by Crippen LogP contribution is -2.45. The molecule has 3 N–H and O–H groups in total. The van der Waals surface area contributed by atoms with E-state index in [2.05, 4.69) is 16.0 Å². The fraction of sp³-hybridized carbons (Fsp3) is 0.158. The summed E-state index contributed by atoms with van der Waals surface area (Å²) in [5, 5.41) is 8.86. The van der Waals surface area contributed by atoms with Crippen molar-refractivity contribution >= 4 is 29.2 Å². The van der Waals surface area contributed by atoms with Crippen LogP contribution in [0.15, 0.2) is 59.8 Å². The largest absolute Gasteiger partial charge is 0.497 e. The highest BCUT2D eigenvalue weighted by atomic mass is 35.5. The maximum atomic E-state index is 12.9. The first kappa shape index (κ1) is 17.8. The zero-order valence-electron chi connectivity index (χ0n) is 14.3. The molecule has 1 aliphatic heterocycles. The molecule has 0 radical (unpaired) electrons. The lowest BCUT2D eigenvalue weighted by atomic mass is 9.94. The van der Waals surface area contributed by atoms with Crippen LogP contribution in [0.3, 0.4) is 0 Å². The van der Waals surface area contributed by atoms with E-state index >= 15 is 0 Å². The van der Waals surface area contributed by atoms with E-state index < -0.39 is 6.04 Å². The molecule has 134 valence electrons. The minimum atomic E-state index is -0.592. The van der Waals surface area contributed by atoms with Gasteiger partial charge in [-0.3, -0.25) is 4.79 Å². The second kappa shape index (κ2) is 7.49. The van der Waals surface area contributed by atoms with Crippen LogP contribution in [0, 0.1) is 0 Å². The first-order valence-electron chi connectivity index (χ1n) is 7.97. The quantitative estimate of drug-likeness (QED) is 0.768. The standard InChI is InChI=1S/C19H18ClN3O3/c1-11-16(18(24)22-14-8-6-13(20)7-9-14)17(23-19(25)21-11)12-4-3-5-15(10-12)26-2/h3-10,17H,1-2H3,(H,22,24)(H2,21,23,25)/t17-/m0/s1. The second-order valence-corrected chi connectivity index (χ2v) is 6.24. The number of rotatable bonds is 4. The molecule has 0 saturated carbocycles. The van der Waals surface area contributed by atoms with Gasteiger partial charge >= 0.3 is 6.03 Å². The summed E-state index contributed by atoms with van der Waals surface area (Å²) in [7, 11) is 1.56. The Hall–Kier alpha value is -2.99. The van der Waals surface area contributed by atoms with Crippen molar-refractivity contribution in [3.8, 4) is 5.75 Å². The molecule has 0 unspecified atom stereocenters. The molecule has 2 aromatic carbocycles. The average molecular weight is 372 g/mol. The fourth-order valence-electron chi connectivity index (χ4n) is 2.80. The molecular formula is C19H18ClN3O3. The Kier molecular flexibility index (Phi) is 5.14. The zero-order chi connectivity index (χ0) is 18.7.